The first-order chi connectivity index (χ1) is 11.1. The Balaban J connectivity index is 0.000000175. The molecule has 0 radical (unpaired) electrons. The molecule has 0 amide bonds. The average Bonchev–Trinajstić information content (AvgIpc) is 2.58. The van der Waals surface area contributed by atoms with Crippen LogP contribution in [0.3, 0.4) is 0 Å². The molecule has 4 nitrogen and oxygen atoms in total. The van der Waals surface area contributed by atoms with E-state index in [4.69, 9.17) is 20.4 Å². The van der Waals surface area contributed by atoms with Crippen LogP contribution in [0.4, 0.5) is 0 Å². The standard InChI is InChI=1S/C7H8O2.2C6H6O/c8-5-6-3-1-2-4-7(6)9;2*7-6-4-2-1-3-5-6/h1-4,8-9H,5H2;2*1-5,7H. The fourth-order valence-electron chi connectivity index (χ4n) is 1.50. The SMILES string of the molecule is OCc1ccccc1O.Oc1ccccc1.Oc1ccccc1. The maximum absolute atomic E-state index is 8.95. The molecule has 0 bridgehead atoms. The van der Waals surface area contributed by atoms with E-state index in [9.17, 15) is 0 Å². The van der Waals surface area contributed by atoms with Crippen LogP contribution in [0, 0.1) is 0 Å². The van der Waals surface area contributed by atoms with Crippen LogP contribution < -0.4 is 0 Å². The van der Waals surface area contributed by atoms with Crippen molar-refractivity contribution in [1.29, 1.82) is 0 Å². The molecule has 0 spiro atoms. The summed E-state index contributed by atoms with van der Waals surface area (Å²) in [6, 6.07) is 24.1. The van der Waals surface area contributed by atoms with Crippen LogP contribution in [0.1, 0.15) is 5.56 Å². The van der Waals surface area contributed by atoms with Gasteiger partial charge in [-0.05, 0) is 30.3 Å². The minimum absolute atomic E-state index is 0.104. The highest BCUT2D eigenvalue weighted by Crippen LogP contribution is 2.14. The molecule has 0 fully saturated rings. The van der Waals surface area contributed by atoms with Crippen LogP contribution in [-0.2, 0) is 6.61 Å². The average molecular weight is 312 g/mol. The zero-order valence-corrected chi connectivity index (χ0v) is 12.6. The van der Waals surface area contributed by atoms with Gasteiger partial charge in [-0.25, -0.2) is 0 Å². The van der Waals surface area contributed by atoms with E-state index < -0.39 is 0 Å². The van der Waals surface area contributed by atoms with Gasteiger partial charge in [0.05, 0.1) is 6.61 Å². The smallest absolute Gasteiger partial charge is 0.121 e. The lowest BCUT2D eigenvalue weighted by molar-refractivity contribution is 0.275. The maximum atomic E-state index is 8.95. The molecule has 0 unspecified atom stereocenters. The molecule has 3 aromatic carbocycles. The Morgan fingerprint density at radius 2 is 0.913 bits per heavy atom. The first-order valence-corrected chi connectivity index (χ1v) is 6.99. The Morgan fingerprint density at radius 1 is 0.522 bits per heavy atom. The molecule has 3 rings (SSSR count). The van der Waals surface area contributed by atoms with E-state index in [0.29, 0.717) is 17.1 Å². The number of aromatic hydroxyl groups is 3. The van der Waals surface area contributed by atoms with Crippen molar-refractivity contribution in [3.63, 3.8) is 0 Å². The molecule has 23 heavy (non-hydrogen) atoms. The zero-order valence-electron chi connectivity index (χ0n) is 12.6. The van der Waals surface area contributed by atoms with Crippen molar-refractivity contribution >= 4 is 0 Å². The lowest BCUT2D eigenvalue weighted by Gasteiger charge is -1.96. The van der Waals surface area contributed by atoms with Gasteiger partial charge in [0, 0.05) is 5.56 Å². The fourth-order valence-corrected chi connectivity index (χ4v) is 1.50. The third-order valence-corrected chi connectivity index (χ3v) is 2.67. The molecule has 0 aliphatic rings. The first kappa shape index (κ1) is 18.1. The summed E-state index contributed by atoms with van der Waals surface area (Å²) in [4.78, 5) is 0. The summed E-state index contributed by atoms with van der Waals surface area (Å²) in [7, 11) is 0. The summed E-state index contributed by atoms with van der Waals surface area (Å²) in [6.45, 7) is -0.104. The molecule has 120 valence electrons. The van der Waals surface area contributed by atoms with Gasteiger partial charge in [0.25, 0.3) is 0 Å². The van der Waals surface area contributed by atoms with Gasteiger partial charge >= 0.3 is 0 Å². The van der Waals surface area contributed by atoms with Crippen molar-refractivity contribution in [2.75, 3.05) is 0 Å². The lowest BCUT2D eigenvalue weighted by atomic mass is 10.2. The molecule has 0 saturated heterocycles. The molecular formula is C19H20O4. The Morgan fingerprint density at radius 3 is 1.17 bits per heavy atom. The van der Waals surface area contributed by atoms with Crippen LogP contribution in [0.2, 0.25) is 0 Å². The summed E-state index contributed by atoms with van der Waals surface area (Å²) in [5, 5.41) is 34.8. The van der Waals surface area contributed by atoms with Gasteiger partial charge in [0.1, 0.15) is 17.2 Å². The molecule has 0 saturated carbocycles. The summed E-state index contributed by atoms with van der Waals surface area (Å²) in [5.74, 6) is 0.796. The predicted octanol–water partition coefficient (Wildman–Crippen LogP) is 3.67. The maximum Gasteiger partial charge on any atom is 0.121 e. The quantitative estimate of drug-likeness (QED) is 0.553. The number of hydrogen-bond acceptors (Lipinski definition) is 4. The normalized spacial score (nSPS) is 8.91. The fraction of sp³-hybridized carbons (Fsp3) is 0.0526. The van der Waals surface area contributed by atoms with Crippen LogP contribution in [0.5, 0.6) is 17.2 Å². The van der Waals surface area contributed by atoms with Crippen LogP contribution >= 0.6 is 0 Å². The third-order valence-electron chi connectivity index (χ3n) is 2.67. The van der Waals surface area contributed by atoms with E-state index in [1.54, 1.807) is 72.8 Å². The molecule has 4 N–H and O–H groups in total. The Hall–Kier alpha value is -2.98. The van der Waals surface area contributed by atoms with Crippen LogP contribution in [0.15, 0.2) is 84.9 Å². The van der Waals surface area contributed by atoms with Crippen molar-refractivity contribution in [2.24, 2.45) is 0 Å². The number of aliphatic hydroxyl groups is 1. The predicted molar refractivity (Wildman–Crippen MR) is 90.2 cm³/mol. The van der Waals surface area contributed by atoms with Crippen molar-refractivity contribution in [1.82, 2.24) is 0 Å². The number of rotatable bonds is 1. The lowest BCUT2D eigenvalue weighted by Crippen LogP contribution is -1.80. The highest BCUT2D eigenvalue weighted by molar-refractivity contribution is 5.30. The summed E-state index contributed by atoms with van der Waals surface area (Å²) in [5.41, 5.74) is 0.567. The Kier molecular flexibility index (Phi) is 8.41. The van der Waals surface area contributed by atoms with E-state index in [0.717, 1.165) is 0 Å². The third kappa shape index (κ3) is 8.14. The van der Waals surface area contributed by atoms with Gasteiger partial charge in [-0.1, -0.05) is 54.6 Å². The Labute approximate surface area is 135 Å². The second kappa shape index (κ2) is 10.7. The van der Waals surface area contributed by atoms with Crippen molar-refractivity contribution in [3.05, 3.63) is 90.5 Å². The van der Waals surface area contributed by atoms with E-state index in [-0.39, 0.29) is 12.4 Å². The second-order valence-corrected chi connectivity index (χ2v) is 4.46. The van der Waals surface area contributed by atoms with Gasteiger partial charge < -0.3 is 20.4 Å². The zero-order chi connectivity index (χ0) is 16.9. The van der Waals surface area contributed by atoms with E-state index >= 15 is 0 Å². The molecule has 0 aromatic heterocycles. The molecular weight excluding hydrogens is 292 g/mol. The highest BCUT2D eigenvalue weighted by Gasteiger charge is 1.93. The van der Waals surface area contributed by atoms with Crippen molar-refractivity contribution < 1.29 is 20.4 Å². The summed E-state index contributed by atoms with van der Waals surface area (Å²) >= 11 is 0. The largest absolute Gasteiger partial charge is 0.508 e. The molecule has 0 aliphatic carbocycles. The summed E-state index contributed by atoms with van der Waals surface area (Å²) in [6.07, 6.45) is 0. The minimum Gasteiger partial charge on any atom is -0.508 e. The summed E-state index contributed by atoms with van der Waals surface area (Å²) < 4.78 is 0. The highest BCUT2D eigenvalue weighted by atomic mass is 16.3. The number of para-hydroxylation sites is 3. The first-order valence-electron chi connectivity index (χ1n) is 6.99. The number of phenols is 3. The van der Waals surface area contributed by atoms with Crippen LogP contribution in [-0.4, -0.2) is 20.4 Å². The van der Waals surface area contributed by atoms with E-state index in [2.05, 4.69) is 0 Å². The van der Waals surface area contributed by atoms with E-state index in [1.807, 2.05) is 12.1 Å². The Bertz CT molecular complexity index is 617. The molecule has 0 heterocycles. The molecule has 0 atom stereocenters. The minimum atomic E-state index is -0.104. The monoisotopic (exact) mass is 312 g/mol. The number of hydrogen-bond donors (Lipinski definition) is 4. The van der Waals surface area contributed by atoms with Gasteiger partial charge in [-0.2, -0.15) is 0 Å². The second-order valence-electron chi connectivity index (χ2n) is 4.46. The van der Waals surface area contributed by atoms with Gasteiger partial charge in [-0.3, -0.25) is 0 Å². The van der Waals surface area contributed by atoms with Gasteiger partial charge in [0.15, 0.2) is 0 Å². The molecule has 0 aliphatic heterocycles. The topological polar surface area (TPSA) is 80.9 Å². The van der Waals surface area contributed by atoms with Crippen LogP contribution in [0.25, 0.3) is 0 Å². The van der Waals surface area contributed by atoms with E-state index in [1.165, 1.54) is 0 Å². The number of phenolic OH excluding ortho intramolecular Hbond substituents is 2. The number of benzene rings is 3. The van der Waals surface area contributed by atoms with Crippen molar-refractivity contribution in [3.8, 4) is 17.2 Å². The van der Waals surface area contributed by atoms with Gasteiger partial charge in [-0.15, -0.1) is 0 Å². The van der Waals surface area contributed by atoms with Crippen molar-refractivity contribution in [2.45, 2.75) is 6.61 Å². The molecule has 4 heteroatoms. The van der Waals surface area contributed by atoms with Gasteiger partial charge in [0.2, 0.25) is 0 Å². The molecule has 3 aromatic rings. The number of aliphatic hydroxyl groups excluding tert-OH is 1.